The van der Waals surface area contributed by atoms with Gasteiger partial charge in [-0.3, -0.25) is 4.79 Å². The van der Waals surface area contributed by atoms with Crippen molar-refractivity contribution in [3.8, 4) is 0 Å². The van der Waals surface area contributed by atoms with Gasteiger partial charge in [0.15, 0.2) is 0 Å². The van der Waals surface area contributed by atoms with E-state index in [2.05, 4.69) is 6.92 Å². The van der Waals surface area contributed by atoms with Crippen LogP contribution in [0, 0.1) is 11.8 Å². The number of hydrogen-bond donors (Lipinski definition) is 1. The van der Waals surface area contributed by atoms with Crippen molar-refractivity contribution in [2.75, 3.05) is 13.1 Å². The second-order valence-electron chi connectivity index (χ2n) is 6.94. The van der Waals surface area contributed by atoms with Crippen molar-refractivity contribution in [3.63, 3.8) is 0 Å². The van der Waals surface area contributed by atoms with Gasteiger partial charge in [-0.25, -0.2) is 0 Å². The van der Waals surface area contributed by atoms with Gasteiger partial charge in [0.05, 0.1) is 18.7 Å². The predicted molar refractivity (Wildman–Crippen MR) is 79.1 cm³/mol. The largest absolute Gasteiger partial charge is 0.386 e. The zero-order chi connectivity index (χ0) is 13.9. The van der Waals surface area contributed by atoms with Crippen LogP contribution in [0.2, 0.25) is 0 Å². The van der Waals surface area contributed by atoms with Crippen LogP contribution in [0.1, 0.15) is 47.0 Å². The molecule has 1 N–H and O–H groups in total. The minimum Gasteiger partial charge on any atom is -0.386 e. The Kier molecular flexibility index (Phi) is 2.77. The zero-order valence-corrected chi connectivity index (χ0v) is 12.7. The molecule has 0 bridgehead atoms. The average Bonchev–Trinajstić information content (AvgIpc) is 3.15. The number of likely N-dealkylation sites (tertiary alicyclic amines) is 1. The number of carbonyl (C=O) groups excluding carboxylic acids is 1. The summed E-state index contributed by atoms with van der Waals surface area (Å²) in [5.74, 6) is 1.33. The number of hydrogen-bond acceptors (Lipinski definition) is 3. The van der Waals surface area contributed by atoms with Crippen LogP contribution in [-0.4, -0.2) is 34.6 Å². The first-order valence-electron chi connectivity index (χ1n) is 7.68. The van der Waals surface area contributed by atoms with Gasteiger partial charge < -0.3 is 10.0 Å². The minimum absolute atomic E-state index is 0.141. The van der Waals surface area contributed by atoms with Crippen molar-refractivity contribution in [1.82, 2.24) is 4.90 Å². The molecule has 2 aliphatic carbocycles. The topological polar surface area (TPSA) is 40.5 Å². The van der Waals surface area contributed by atoms with Gasteiger partial charge in [-0.15, -0.1) is 11.3 Å². The third-order valence-electron chi connectivity index (χ3n) is 5.19. The summed E-state index contributed by atoms with van der Waals surface area (Å²) in [6, 6.07) is 0. The second kappa shape index (κ2) is 4.31. The number of fused-ring (bicyclic) bond motifs is 1. The molecule has 108 valence electrons. The second-order valence-corrected chi connectivity index (χ2v) is 7.90. The predicted octanol–water partition coefficient (Wildman–Crippen LogP) is 2.47. The van der Waals surface area contributed by atoms with Gasteiger partial charge in [0.25, 0.3) is 5.91 Å². The van der Waals surface area contributed by atoms with Crippen molar-refractivity contribution < 1.29 is 9.90 Å². The molecule has 1 aromatic rings. The Balaban J connectivity index is 1.50. The van der Waals surface area contributed by atoms with Crippen LogP contribution >= 0.6 is 11.3 Å². The zero-order valence-electron chi connectivity index (χ0n) is 11.9. The van der Waals surface area contributed by atoms with Gasteiger partial charge in [0.2, 0.25) is 0 Å². The average molecular weight is 291 g/mol. The summed E-state index contributed by atoms with van der Waals surface area (Å²) in [6.45, 7) is 3.37. The van der Waals surface area contributed by atoms with E-state index in [1.165, 1.54) is 16.9 Å². The molecule has 20 heavy (non-hydrogen) atoms. The normalized spacial score (nSPS) is 27.9. The minimum atomic E-state index is -0.569. The monoisotopic (exact) mass is 291 g/mol. The lowest BCUT2D eigenvalue weighted by Gasteiger charge is -2.47. The molecule has 2 heterocycles. The maximum atomic E-state index is 12.6. The Labute approximate surface area is 123 Å². The standard InChI is InChI=1S/C16H21NO2S/c1-10-2-5-12-13(7-20-14(12)6-10)15(18)17-8-16(19,9-17)11-3-4-11/h7,10-11,19H,2-6,8-9H2,1H3. The van der Waals surface area contributed by atoms with Gasteiger partial charge in [-0.05, 0) is 49.5 Å². The molecule has 3 aliphatic rings. The SMILES string of the molecule is CC1CCc2c(C(=O)N3CC(O)(C4CC4)C3)csc2C1. The summed E-state index contributed by atoms with van der Waals surface area (Å²) >= 11 is 1.74. The van der Waals surface area contributed by atoms with Crippen molar-refractivity contribution in [2.45, 2.75) is 44.6 Å². The summed E-state index contributed by atoms with van der Waals surface area (Å²) in [4.78, 5) is 15.8. The molecule has 0 aromatic carbocycles. The Morgan fingerprint density at radius 3 is 2.85 bits per heavy atom. The van der Waals surface area contributed by atoms with E-state index in [0.717, 1.165) is 37.2 Å². The van der Waals surface area contributed by atoms with Crippen molar-refractivity contribution in [2.24, 2.45) is 11.8 Å². The Hall–Kier alpha value is -0.870. The molecule has 4 heteroatoms. The van der Waals surface area contributed by atoms with E-state index < -0.39 is 5.60 Å². The number of aliphatic hydroxyl groups is 1. The highest BCUT2D eigenvalue weighted by Crippen LogP contribution is 2.45. The highest BCUT2D eigenvalue weighted by molar-refractivity contribution is 7.10. The highest BCUT2D eigenvalue weighted by atomic mass is 32.1. The van der Waals surface area contributed by atoms with Gasteiger partial charge in [-0.2, -0.15) is 0 Å². The van der Waals surface area contributed by atoms with Crippen molar-refractivity contribution in [3.05, 3.63) is 21.4 Å². The Morgan fingerprint density at radius 2 is 2.15 bits per heavy atom. The number of thiophene rings is 1. The van der Waals surface area contributed by atoms with Gasteiger partial charge in [-0.1, -0.05) is 6.92 Å². The summed E-state index contributed by atoms with van der Waals surface area (Å²) < 4.78 is 0. The number of nitrogens with zero attached hydrogens (tertiary/aromatic N) is 1. The Morgan fingerprint density at radius 1 is 1.40 bits per heavy atom. The first-order valence-corrected chi connectivity index (χ1v) is 8.56. The Bertz CT molecular complexity index is 555. The molecule has 1 saturated carbocycles. The van der Waals surface area contributed by atoms with Crippen LogP contribution in [-0.2, 0) is 12.8 Å². The fourth-order valence-corrected chi connectivity index (χ4v) is 4.90. The van der Waals surface area contributed by atoms with E-state index in [0.29, 0.717) is 19.0 Å². The first-order chi connectivity index (χ1) is 9.57. The van der Waals surface area contributed by atoms with E-state index in [-0.39, 0.29) is 5.91 Å². The van der Waals surface area contributed by atoms with Gasteiger partial charge in [0.1, 0.15) is 5.60 Å². The van der Waals surface area contributed by atoms with Gasteiger partial charge >= 0.3 is 0 Å². The number of β-amino-alcohol motifs (C(OH)–C–C–N with tert-alkyl or cyclic N) is 1. The molecule has 3 nitrogen and oxygen atoms in total. The van der Waals surface area contributed by atoms with Gasteiger partial charge in [0, 0.05) is 10.3 Å². The maximum Gasteiger partial charge on any atom is 0.255 e. The molecule has 1 aromatic heterocycles. The fourth-order valence-electron chi connectivity index (χ4n) is 3.66. The summed E-state index contributed by atoms with van der Waals surface area (Å²) in [7, 11) is 0. The van der Waals surface area contributed by atoms with E-state index >= 15 is 0 Å². The van der Waals surface area contributed by atoms with Crippen LogP contribution in [0.15, 0.2) is 5.38 Å². The summed E-state index contributed by atoms with van der Waals surface area (Å²) in [5.41, 5.74) is 1.63. The molecular formula is C16H21NO2S. The van der Waals surface area contributed by atoms with E-state index in [9.17, 15) is 9.90 Å². The quantitative estimate of drug-likeness (QED) is 0.909. The van der Waals surface area contributed by atoms with Crippen LogP contribution in [0.5, 0.6) is 0 Å². The molecule has 4 rings (SSSR count). The maximum absolute atomic E-state index is 12.6. The number of rotatable bonds is 2. The van der Waals surface area contributed by atoms with E-state index in [1.807, 2.05) is 10.3 Å². The van der Waals surface area contributed by atoms with Crippen LogP contribution in [0.25, 0.3) is 0 Å². The lowest BCUT2D eigenvalue weighted by Crippen LogP contribution is -2.64. The molecule has 1 amide bonds. The van der Waals surface area contributed by atoms with E-state index in [1.54, 1.807) is 11.3 Å². The molecule has 1 unspecified atom stereocenters. The third-order valence-corrected chi connectivity index (χ3v) is 6.24. The third kappa shape index (κ3) is 1.92. The highest BCUT2D eigenvalue weighted by Gasteiger charge is 2.53. The molecule has 2 fully saturated rings. The molecular weight excluding hydrogens is 270 g/mol. The molecule has 1 aliphatic heterocycles. The molecule has 0 spiro atoms. The van der Waals surface area contributed by atoms with Crippen molar-refractivity contribution in [1.29, 1.82) is 0 Å². The fraction of sp³-hybridized carbons (Fsp3) is 0.688. The van der Waals surface area contributed by atoms with Crippen LogP contribution in [0.4, 0.5) is 0 Å². The number of carbonyl (C=O) groups is 1. The van der Waals surface area contributed by atoms with Crippen LogP contribution < -0.4 is 0 Å². The summed E-state index contributed by atoms with van der Waals surface area (Å²) in [6.07, 6.45) is 5.62. The first kappa shape index (κ1) is 12.8. The molecule has 1 atom stereocenters. The van der Waals surface area contributed by atoms with Crippen molar-refractivity contribution >= 4 is 17.2 Å². The summed E-state index contributed by atoms with van der Waals surface area (Å²) in [5, 5.41) is 12.4. The smallest absolute Gasteiger partial charge is 0.255 e. The molecule has 0 radical (unpaired) electrons. The van der Waals surface area contributed by atoms with E-state index in [4.69, 9.17) is 0 Å². The lowest BCUT2D eigenvalue weighted by atomic mass is 9.86. The molecule has 1 saturated heterocycles. The lowest BCUT2D eigenvalue weighted by molar-refractivity contribution is -0.0958. The van der Waals surface area contributed by atoms with Crippen LogP contribution in [0.3, 0.4) is 0 Å². The number of amides is 1.